The Kier molecular flexibility index (Phi) is 4.96. The van der Waals surface area contributed by atoms with Gasteiger partial charge in [0.15, 0.2) is 5.82 Å². The van der Waals surface area contributed by atoms with Gasteiger partial charge in [0.25, 0.3) is 0 Å². The van der Waals surface area contributed by atoms with Gasteiger partial charge >= 0.3 is 6.03 Å². The van der Waals surface area contributed by atoms with Crippen LogP contribution in [0.5, 0.6) is 0 Å². The number of benzene rings is 1. The maximum absolute atomic E-state index is 12.1. The fraction of sp³-hybridized carbons (Fsp3) is 0.278. The molecule has 26 heavy (non-hydrogen) atoms. The van der Waals surface area contributed by atoms with Crippen molar-refractivity contribution in [2.75, 3.05) is 11.9 Å². The van der Waals surface area contributed by atoms with Gasteiger partial charge in [-0.15, -0.1) is 11.3 Å². The van der Waals surface area contributed by atoms with Crippen LogP contribution in [-0.4, -0.2) is 28.0 Å². The number of thiophene rings is 1. The summed E-state index contributed by atoms with van der Waals surface area (Å²) in [7, 11) is 0. The summed E-state index contributed by atoms with van der Waals surface area (Å²) in [5.41, 5.74) is 3.64. The molecule has 1 aromatic carbocycles. The summed E-state index contributed by atoms with van der Waals surface area (Å²) >= 11 is 2.77. The quantitative estimate of drug-likeness (QED) is 0.714. The molecule has 1 aliphatic heterocycles. The van der Waals surface area contributed by atoms with Gasteiger partial charge in [0, 0.05) is 24.5 Å². The van der Waals surface area contributed by atoms with Crippen LogP contribution in [0.1, 0.15) is 16.7 Å². The summed E-state index contributed by atoms with van der Waals surface area (Å²) < 4.78 is 10.1. The average molecular weight is 387 g/mol. The zero-order valence-corrected chi connectivity index (χ0v) is 15.8. The molecule has 2 amide bonds. The van der Waals surface area contributed by atoms with Gasteiger partial charge in [-0.1, -0.05) is 24.3 Å². The number of aryl methyl sites for hydroxylation is 1. The van der Waals surface area contributed by atoms with Crippen molar-refractivity contribution in [2.45, 2.75) is 26.1 Å². The number of nitrogens with one attached hydrogen (secondary N) is 2. The van der Waals surface area contributed by atoms with Crippen molar-refractivity contribution in [1.29, 1.82) is 0 Å². The van der Waals surface area contributed by atoms with Crippen molar-refractivity contribution < 1.29 is 9.53 Å². The van der Waals surface area contributed by atoms with Crippen LogP contribution in [0.25, 0.3) is 10.7 Å². The second kappa shape index (κ2) is 7.53. The summed E-state index contributed by atoms with van der Waals surface area (Å²) in [6.07, 6.45) is 0.784. The van der Waals surface area contributed by atoms with E-state index in [2.05, 4.69) is 32.1 Å². The molecule has 2 N–H and O–H groups in total. The molecule has 3 heterocycles. The lowest BCUT2D eigenvalue weighted by Gasteiger charge is -2.25. The van der Waals surface area contributed by atoms with Crippen LogP contribution < -0.4 is 10.6 Å². The third-order valence-corrected chi connectivity index (χ3v) is 5.89. The Labute approximate surface area is 159 Å². The van der Waals surface area contributed by atoms with Crippen molar-refractivity contribution in [1.82, 2.24) is 14.7 Å². The molecule has 0 radical (unpaired) electrons. The number of carbonyl (C=O) groups excluding carboxylic acids is 1. The maximum atomic E-state index is 12.1. The highest BCUT2D eigenvalue weighted by Gasteiger charge is 2.19. The van der Waals surface area contributed by atoms with Gasteiger partial charge in [-0.2, -0.15) is 9.36 Å². The van der Waals surface area contributed by atoms with Crippen LogP contribution in [0, 0.1) is 6.92 Å². The van der Waals surface area contributed by atoms with E-state index < -0.39 is 0 Å². The molecule has 8 heteroatoms. The lowest BCUT2D eigenvalue weighted by Crippen LogP contribution is -2.38. The molecule has 0 fully saturated rings. The molecule has 6 nitrogen and oxygen atoms in total. The minimum absolute atomic E-state index is 0.0191. The normalized spacial score (nSPS) is 16.1. The molecule has 0 aliphatic carbocycles. The number of fused-ring (bicyclic) bond motifs is 1. The van der Waals surface area contributed by atoms with Gasteiger partial charge in [-0.05, 0) is 35.1 Å². The Morgan fingerprint density at radius 3 is 2.96 bits per heavy atom. The maximum Gasteiger partial charge on any atom is 0.321 e. The van der Waals surface area contributed by atoms with E-state index in [1.54, 1.807) is 11.3 Å². The van der Waals surface area contributed by atoms with Crippen molar-refractivity contribution in [3.05, 3.63) is 52.4 Å². The molecule has 0 spiro atoms. The van der Waals surface area contributed by atoms with Crippen molar-refractivity contribution in [2.24, 2.45) is 0 Å². The van der Waals surface area contributed by atoms with E-state index in [-0.39, 0.29) is 12.1 Å². The van der Waals surface area contributed by atoms with Crippen LogP contribution in [0.4, 0.5) is 9.93 Å². The number of hydrogen-bond donors (Lipinski definition) is 2. The van der Waals surface area contributed by atoms with E-state index in [9.17, 15) is 4.79 Å². The predicted octanol–water partition coefficient (Wildman–Crippen LogP) is 3.84. The first kappa shape index (κ1) is 17.1. The molecule has 134 valence electrons. The number of ether oxygens (including phenoxy) is 1. The minimum Gasteiger partial charge on any atom is -0.371 e. The predicted molar refractivity (Wildman–Crippen MR) is 104 cm³/mol. The summed E-state index contributed by atoms with van der Waals surface area (Å²) in [6.45, 7) is 3.06. The van der Waals surface area contributed by atoms with Gasteiger partial charge in [0.1, 0.15) is 0 Å². The smallest absolute Gasteiger partial charge is 0.321 e. The molecule has 2 aromatic heterocycles. The molecular weight excluding hydrogens is 368 g/mol. The zero-order chi connectivity index (χ0) is 17.9. The Hall–Kier alpha value is -2.29. The van der Waals surface area contributed by atoms with Crippen molar-refractivity contribution in [3.8, 4) is 10.7 Å². The minimum atomic E-state index is -0.293. The van der Waals surface area contributed by atoms with Gasteiger partial charge < -0.3 is 10.1 Å². The highest BCUT2D eigenvalue weighted by molar-refractivity contribution is 7.14. The first-order valence-corrected chi connectivity index (χ1v) is 9.96. The standard InChI is InChI=1S/C18H18N4O2S2/c1-11-6-7-25-15(11)16-20-18(26-22-16)21-17(23)19-9-14-8-12-4-2-3-5-13(12)10-24-14/h2-7,14H,8-10H2,1H3,(H2,19,20,21,22,23)/t14-/m0/s1. The van der Waals surface area contributed by atoms with E-state index >= 15 is 0 Å². The Balaban J connectivity index is 1.30. The van der Waals surface area contributed by atoms with E-state index in [0.717, 1.165) is 16.9 Å². The van der Waals surface area contributed by atoms with E-state index in [0.29, 0.717) is 24.1 Å². The third kappa shape index (κ3) is 3.77. The molecule has 1 atom stereocenters. The topological polar surface area (TPSA) is 76.1 Å². The lowest BCUT2D eigenvalue weighted by atomic mass is 9.99. The number of carbonyl (C=O) groups is 1. The van der Waals surface area contributed by atoms with Gasteiger partial charge in [0.05, 0.1) is 17.6 Å². The second-order valence-corrected chi connectivity index (χ2v) is 7.76. The number of aromatic nitrogens is 2. The SMILES string of the molecule is Cc1ccsc1-c1nsc(NC(=O)NC[C@@H]2Cc3ccccc3CO2)n1. The van der Waals surface area contributed by atoms with E-state index in [4.69, 9.17) is 4.74 Å². The monoisotopic (exact) mass is 386 g/mol. The fourth-order valence-electron chi connectivity index (χ4n) is 2.86. The van der Waals surface area contributed by atoms with Gasteiger partial charge in [-0.3, -0.25) is 5.32 Å². The van der Waals surface area contributed by atoms with Crippen molar-refractivity contribution >= 4 is 34.0 Å². The molecule has 4 rings (SSSR count). The first-order valence-electron chi connectivity index (χ1n) is 8.30. The third-order valence-electron chi connectivity index (χ3n) is 4.24. The molecule has 0 saturated heterocycles. The zero-order valence-electron chi connectivity index (χ0n) is 14.2. The Bertz CT molecular complexity index is 921. The summed E-state index contributed by atoms with van der Waals surface area (Å²) in [6, 6.07) is 9.97. The van der Waals surface area contributed by atoms with Crippen LogP contribution in [0.3, 0.4) is 0 Å². The van der Waals surface area contributed by atoms with Crippen LogP contribution >= 0.6 is 22.9 Å². The summed E-state index contributed by atoms with van der Waals surface area (Å²) in [5.74, 6) is 0.657. The Morgan fingerprint density at radius 1 is 1.31 bits per heavy atom. The molecule has 3 aromatic rings. The number of anilines is 1. The fourth-order valence-corrected chi connectivity index (χ4v) is 4.34. The molecule has 0 bridgehead atoms. The lowest BCUT2D eigenvalue weighted by molar-refractivity contribution is 0.0308. The first-order chi connectivity index (χ1) is 12.7. The average Bonchev–Trinajstić information content (AvgIpc) is 3.28. The van der Waals surface area contributed by atoms with Crippen LogP contribution in [-0.2, 0) is 17.8 Å². The van der Waals surface area contributed by atoms with E-state index in [1.165, 1.54) is 22.7 Å². The highest BCUT2D eigenvalue weighted by atomic mass is 32.1. The second-order valence-electron chi connectivity index (χ2n) is 6.10. The van der Waals surface area contributed by atoms with Gasteiger partial charge in [0.2, 0.25) is 5.13 Å². The largest absolute Gasteiger partial charge is 0.371 e. The molecule has 1 aliphatic rings. The molecule has 0 unspecified atom stereocenters. The molecular formula is C18H18N4O2S2. The van der Waals surface area contributed by atoms with Crippen LogP contribution in [0.2, 0.25) is 0 Å². The summed E-state index contributed by atoms with van der Waals surface area (Å²) in [5, 5.41) is 8.09. The number of amides is 2. The Morgan fingerprint density at radius 2 is 2.15 bits per heavy atom. The van der Waals surface area contributed by atoms with Crippen LogP contribution in [0.15, 0.2) is 35.7 Å². The van der Waals surface area contributed by atoms with E-state index in [1.807, 2.05) is 30.5 Å². The number of hydrogen-bond acceptors (Lipinski definition) is 6. The number of nitrogens with zero attached hydrogens (tertiary/aromatic N) is 2. The molecule has 0 saturated carbocycles. The van der Waals surface area contributed by atoms with Crippen molar-refractivity contribution in [3.63, 3.8) is 0 Å². The summed E-state index contributed by atoms with van der Waals surface area (Å²) in [4.78, 5) is 17.6. The van der Waals surface area contributed by atoms with Gasteiger partial charge in [-0.25, -0.2) is 4.79 Å². The number of rotatable bonds is 4. The highest BCUT2D eigenvalue weighted by Crippen LogP contribution is 2.28. The number of urea groups is 1.